The molecular weight excluding hydrogens is 420 g/mol. The van der Waals surface area contributed by atoms with Crippen LogP contribution in [-0.2, 0) is 19.1 Å². The van der Waals surface area contributed by atoms with Crippen molar-refractivity contribution in [3.63, 3.8) is 0 Å². The molecule has 3 rings (SSSR count). The predicted molar refractivity (Wildman–Crippen MR) is 127 cm³/mol. The highest BCUT2D eigenvalue weighted by Crippen LogP contribution is 2.29. The van der Waals surface area contributed by atoms with Gasteiger partial charge in [-0.1, -0.05) is 49.4 Å². The van der Waals surface area contributed by atoms with Crippen molar-refractivity contribution >= 4 is 22.6 Å². The molecule has 180 valence electrons. The van der Waals surface area contributed by atoms with Crippen LogP contribution in [0.25, 0.3) is 10.8 Å². The summed E-state index contributed by atoms with van der Waals surface area (Å²) in [6.45, 7) is 4.98. The number of fused-ring (bicyclic) bond motifs is 1. The van der Waals surface area contributed by atoms with Crippen LogP contribution in [-0.4, -0.2) is 43.1 Å². The van der Waals surface area contributed by atoms with Crippen molar-refractivity contribution in [1.82, 2.24) is 10.8 Å². The van der Waals surface area contributed by atoms with Crippen LogP contribution < -0.4 is 10.8 Å². The number of ether oxygens (including phenoxy) is 2. The molecule has 1 fully saturated rings. The summed E-state index contributed by atoms with van der Waals surface area (Å²) >= 11 is 0. The topological polar surface area (TPSA) is 96.9 Å². The first-order valence-corrected chi connectivity index (χ1v) is 11.9. The Morgan fingerprint density at radius 2 is 1.79 bits per heavy atom. The van der Waals surface area contributed by atoms with Crippen molar-refractivity contribution in [2.45, 2.75) is 57.9 Å². The van der Waals surface area contributed by atoms with Gasteiger partial charge in [0.15, 0.2) is 0 Å². The fourth-order valence-electron chi connectivity index (χ4n) is 4.52. The van der Waals surface area contributed by atoms with Gasteiger partial charge in [0.2, 0.25) is 5.91 Å². The Hall–Kier alpha value is -2.48. The Morgan fingerprint density at radius 3 is 2.48 bits per heavy atom. The van der Waals surface area contributed by atoms with Crippen LogP contribution in [0.3, 0.4) is 0 Å². The van der Waals surface area contributed by atoms with Gasteiger partial charge in [-0.3, -0.25) is 14.8 Å². The van der Waals surface area contributed by atoms with E-state index >= 15 is 0 Å². The molecule has 1 aliphatic carbocycles. The lowest BCUT2D eigenvalue weighted by atomic mass is 9.82. The Balaban J connectivity index is 1.76. The maximum absolute atomic E-state index is 13.0. The average molecular weight is 457 g/mol. The Morgan fingerprint density at radius 1 is 1.06 bits per heavy atom. The van der Waals surface area contributed by atoms with Crippen molar-refractivity contribution in [3.8, 4) is 0 Å². The van der Waals surface area contributed by atoms with E-state index in [2.05, 4.69) is 12.2 Å². The molecule has 1 saturated carbocycles. The highest BCUT2D eigenvalue weighted by Gasteiger charge is 2.29. The number of amides is 2. The Kier molecular flexibility index (Phi) is 9.66. The number of hydroxylamine groups is 1. The standard InChI is InChI=1S/C26H36N2O5/c1-3-32-17-33-16-23(27-25(29)20-10-8-18(2)9-11-20)15-24(26(30)28-31)22-13-12-19-6-4-5-7-21(19)14-22/h4-7,12-14,18,20,23-24,31H,3,8-11,15-17H2,1-2H3,(H,27,29)(H,28,30)/t18-,20-,23-,24-/m0/s1. The number of carbonyl (C=O) groups is 2. The summed E-state index contributed by atoms with van der Waals surface area (Å²) in [4.78, 5) is 25.6. The molecule has 0 saturated heterocycles. The first kappa shape index (κ1) is 25.1. The first-order valence-electron chi connectivity index (χ1n) is 11.9. The van der Waals surface area contributed by atoms with Crippen LogP contribution in [0.2, 0.25) is 0 Å². The highest BCUT2D eigenvalue weighted by molar-refractivity contribution is 5.87. The SMILES string of the molecule is CCOCOC[C@H](C[C@H](C(=O)NO)c1ccc2ccccc2c1)NC(=O)[C@H]1CC[C@H](C)CC1. The van der Waals surface area contributed by atoms with E-state index in [0.29, 0.717) is 18.9 Å². The molecular formula is C26H36N2O5. The van der Waals surface area contributed by atoms with Gasteiger partial charge in [-0.25, -0.2) is 5.48 Å². The van der Waals surface area contributed by atoms with Crippen molar-refractivity contribution in [3.05, 3.63) is 48.0 Å². The quantitative estimate of drug-likeness (QED) is 0.204. The van der Waals surface area contributed by atoms with Crippen LogP contribution in [0.1, 0.15) is 57.4 Å². The molecule has 0 heterocycles. The zero-order valence-electron chi connectivity index (χ0n) is 19.6. The molecule has 2 aromatic carbocycles. The second-order valence-corrected chi connectivity index (χ2v) is 9.01. The minimum atomic E-state index is -0.646. The van der Waals surface area contributed by atoms with Gasteiger partial charge in [-0.05, 0) is 61.3 Å². The smallest absolute Gasteiger partial charge is 0.250 e. The Bertz CT molecular complexity index is 910. The van der Waals surface area contributed by atoms with Crippen LogP contribution in [0, 0.1) is 11.8 Å². The molecule has 2 atom stereocenters. The summed E-state index contributed by atoms with van der Waals surface area (Å²) in [5.41, 5.74) is 2.57. The number of benzene rings is 2. The highest BCUT2D eigenvalue weighted by atomic mass is 16.7. The van der Waals surface area contributed by atoms with E-state index in [-0.39, 0.29) is 25.2 Å². The predicted octanol–water partition coefficient (Wildman–Crippen LogP) is 4.14. The molecule has 0 radical (unpaired) electrons. The van der Waals surface area contributed by atoms with E-state index in [1.165, 1.54) is 0 Å². The van der Waals surface area contributed by atoms with E-state index in [9.17, 15) is 14.8 Å². The summed E-state index contributed by atoms with van der Waals surface area (Å²) < 4.78 is 10.9. The third-order valence-electron chi connectivity index (χ3n) is 6.55. The third kappa shape index (κ3) is 7.25. The number of hydrogen-bond acceptors (Lipinski definition) is 5. The third-order valence-corrected chi connectivity index (χ3v) is 6.55. The van der Waals surface area contributed by atoms with E-state index < -0.39 is 17.9 Å². The molecule has 0 aromatic heterocycles. The van der Waals surface area contributed by atoms with Gasteiger partial charge in [0.05, 0.1) is 18.6 Å². The average Bonchev–Trinajstić information content (AvgIpc) is 2.84. The molecule has 0 unspecified atom stereocenters. The summed E-state index contributed by atoms with van der Waals surface area (Å²) in [7, 11) is 0. The Labute approximate surface area is 195 Å². The molecule has 2 amide bonds. The molecule has 3 N–H and O–H groups in total. The number of hydrogen-bond donors (Lipinski definition) is 3. The van der Waals surface area contributed by atoms with Gasteiger partial charge in [0.1, 0.15) is 6.79 Å². The lowest BCUT2D eigenvalue weighted by Crippen LogP contribution is -2.44. The van der Waals surface area contributed by atoms with Gasteiger partial charge >= 0.3 is 0 Å². The van der Waals surface area contributed by atoms with Crippen LogP contribution in [0.15, 0.2) is 42.5 Å². The minimum Gasteiger partial charge on any atom is -0.356 e. The van der Waals surface area contributed by atoms with Gasteiger partial charge in [0, 0.05) is 12.5 Å². The van der Waals surface area contributed by atoms with Gasteiger partial charge in [-0.2, -0.15) is 0 Å². The fourth-order valence-corrected chi connectivity index (χ4v) is 4.52. The molecule has 0 aliphatic heterocycles. The van der Waals surface area contributed by atoms with Crippen molar-refractivity contribution in [1.29, 1.82) is 0 Å². The molecule has 33 heavy (non-hydrogen) atoms. The zero-order valence-corrected chi connectivity index (χ0v) is 19.6. The minimum absolute atomic E-state index is 0.00794. The number of carbonyl (C=O) groups excluding carboxylic acids is 2. The molecule has 0 spiro atoms. The maximum Gasteiger partial charge on any atom is 0.250 e. The lowest BCUT2D eigenvalue weighted by molar-refractivity contribution is -0.132. The second kappa shape index (κ2) is 12.7. The van der Waals surface area contributed by atoms with Crippen molar-refractivity contribution in [2.75, 3.05) is 20.0 Å². The van der Waals surface area contributed by atoms with Gasteiger partial charge in [-0.15, -0.1) is 0 Å². The summed E-state index contributed by atoms with van der Waals surface area (Å²) in [6.07, 6.45) is 4.16. The maximum atomic E-state index is 13.0. The number of rotatable bonds is 11. The summed E-state index contributed by atoms with van der Waals surface area (Å²) in [6, 6.07) is 13.3. The van der Waals surface area contributed by atoms with Crippen LogP contribution >= 0.6 is 0 Å². The largest absolute Gasteiger partial charge is 0.356 e. The van der Waals surface area contributed by atoms with E-state index in [1.807, 2.05) is 49.4 Å². The molecule has 7 nitrogen and oxygen atoms in total. The normalized spacial score (nSPS) is 20.2. The van der Waals surface area contributed by atoms with Crippen molar-refractivity contribution < 1.29 is 24.3 Å². The first-order chi connectivity index (χ1) is 16.0. The molecule has 0 bridgehead atoms. The fraction of sp³-hybridized carbons (Fsp3) is 0.538. The molecule has 2 aromatic rings. The number of nitrogens with one attached hydrogen (secondary N) is 2. The van der Waals surface area contributed by atoms with E-state index in [4.69, 9.17) is 9.47 Å². The van der Waals surface area contributed by atoms with Crippen LogP contribution in [0.4, 0.5) is 0 Å². The zero-order chi connectivity index (χ0) is 23.6. The second-order valence-electron chi connectivity index (χ2n) is 9.01. The van der Waals surface area contributed by atoms with Gasteiger partial charge < -0.3 is 14.8 Å². The lowest BCUT2D eigenvalue weighted by Gasteiger charge is -2.29. The van der Waals surface area contributed by atoms with E-state index in [1.54, 1.807) is 5.48 Å². The van der Waals surface area contributed by atoms with Crippen molar-refractivity contribution in [2.24, 2.45) is 11.8 Å². The van der Waals surface area contributed by atoms with Crippen LogP contribution in [0.5, 0.6) is 0 Å². The van der Waals surface area contributed by atoms with E-state index in [0.717, 1.165) is 42.0 Å². The molecule has 7 heteroatoms. The van der Waals surface area contributed by atoms with Gasteiger partial charge in [0.25, 0.3) is 5.91 Å². The summed E-state index contributed by atoms with van der Waals surface area (Å²) in [5.74, 6) is -0.507. The monoisotopic (exact) mass is 456 g/mol. The summed E-state index contributed by atoms with van der Waals surface area (Å²) in [5, 5.41) is 14.6. The molecule has 1 aliphatic rings.